The molecule has 1 aromatic heterocycles. The molecule has 2 rings (SSSR count). The zero-order valence-corrected chi connectivity index (χ0v) is 11.7. The standard InChI is InChI=1S/C12H8Cl3N3O/c13-8-3-6(4-9(14)11(8)16)12(19)18-7-1-2-17-10(15)5-7/h1-5H,16H2,(H,17,18,19). The summed E-state index contributed by atoms with van der Waals surface area (Å²) in [6.07, 6.45) is 1.49. The van der Waals surface area contributed by atoms with Crippen LogP contribution in [0, 0.1) is 0 Å². The number of carbonyl (C=O) groups is 1. The van der Waals surface area contributed by atoms with Gasteiger partial charge in [0.25, 0.3) is 5.91 Å². The molecule has 0 unspecified atom stereocenters. The minimum Gasteiger partial charge on any atom is -0.396 e. The molecule has 7 heteroatoms. The second-order valence-corrected chi connectivity index (χ2v) is 4.88. The first-order valence-corrected chi connectivity index (χ1v) is 6.28. The molecule has 4 nitrogen and oxygen atoms in total. The number of nitrogens with one attached hydrogen (secondary N) is 1. The molecule has 0 spiro atoms. The zero-order chi connectivity index (χ0) is 14.0. The molecule has 1 heterocycles. The Bertz CT molecular complexity index is 623. The summed E-state index contributed by atoms with van der Waals surface area (Å²) in [6, 6.07) is 6.03. The average molecular weight is 317 g/mol. The molecule has 0 atom stereocenters. The van der Waals surface area contributed by atoms with Crippen LogP contribution in [0.15, 0.2) is 30.5 Å². The monoisotopic (exact) mass is 315 g/mol. The van der Waals surface area contributed by atoms with Crippen molar-refractivity contribution in [2.45, 2.75) is 0 Å². The van der Waals surface area contributed by atoms with Crippen molar-refractivity contribution in [2.24, 2.45) is 0 Å². The Kier molecular flexibility index (Phi) is 4.14. The highest BCUT2D eigenvalue weighted by Crippen LogP contribution is 2.29. The van der Waals surface area contributed by atoms with Crippen molar-refractivity contribution in [3.05, 3.63) is 51.2 Å². The third kappa shape index (κ3) is 3.29. The Morgan fingerprint density at radius 3 is 2.37 bits per heavy atom. The van der Waals surface area contributed by atoms with Gasteiger partial charge in [-0.1, -0.05) is 34.8 Å². The van der Waals surface area contributed by atoms with Gasteiger partial charge in [-0.15, -0.1) is 0 Å². The van der Waals surface area contributed by atoms with Gasteiger partial charge in [-0.25, -0.2) is 4.98 Å². The van der Waals surface area contributed by atoms with Crippen LogP contribution < -0.4 is 11.1 Å². The number of benzene rings is 1. The first-order chi connectivity index (χ1) is 8.97. The van der Waals surface area contributed by atoms with Crippen molar-refractivity contribution in [1.82, 2.24) is 4.98 Å². The second-order valence-electron chi connectivity index (χ2n) is 3.67. The molecule has 0 aliphatic carbocycles. The largest absolute Gasteiger partial charge is 0.396 e. The highest BCUT2D eigenvalue weighted by Gasteiger charge is 2.11. The van der Waals surface area contributed by atoms with E-state index < -0.39 is 0 Å². The minimum absolute atomic E-state index is 0.227. The van der Waals surface area contributed by atoms with Crippen molar-refractivity contribution < 1.29 is 4.79 Å². The number of pyridine rings is 1. The molecule has 0 fully saturated rings. The maximum absolute atomic E-state index is 12.0. The maximum atomic E-state index is 12.0. The molecule has 0 saturated carbocycles. The molecule has 2 aromatic rings. The lowest BCUT2D eigenvalue weighted by Crippen LogP contribution is -2.12. The number of halogens is 3. The fourth-order valence-corrected chi connectivity index (χ4v) is 2.06. The van der Waals surface area contributed by atoms with Gasteiger partial charge in [0.1, 0.15) is 5.15 Å². The number of nitrogens with zero attached hydrogens (tertiary/aromatic N) is 1. The Morgan fingerprint density at radius 2 is 1.79 bits per heavy atom. The number of carbonyl (C=O) groups excluding carboxylic acids is 1. The highest BCUT2D eigenvalue weighted by atomic mass is 35.5. The molecular formula is C12H8Cl3N3O. The molecule has 0 aliphatic rings. The summed E-state index contributed by atoms with van der Waals surface area (Å²) in [5.74, 6) is -0.369. The quantitative estimate of drug-likeness (QED) is 0.652. The summed E-state index contributed by atoms with van der Waals surface area (Å²) < 4.78 is 0. The number of nitrogen functional groups attached to an aromatic ring is 1. The first kappa shape index (κ1) is 13.9. The summed E-state index contributed by atoms with van der Waals surface area (Å²) in [4.78, 5) is 15.8. The van der Waals surface area contributed by atoms with Gasteiger partial charge in [0.05, 0.1) is 15.7 Å². The predicted molar refractivity (Wildman–Crippen MR) is 78.1 cm³/mol. The van der Waals surface area contributed by atoms with E-state index in [0.29, 0.717) is 11.3 Å². The molecule has 0 saturated heterocycles. The number of rotatable bonds is 2. The SMILES string of the molecule is Nc1c(Cl)cc(C(=O)Nc2ccnc(Cl)c2)cc1Cl. The van der Waals surface area contributed by atoms with Gasteiger partial charge in [-0.3, -0.25) is 4.79 Å². The van der Waals surface area contributed by atoms with E-state index in [2.05, 4.69) is 10.3 Å². The summed E-state index contributed by atoms with van der Waals surface area (Å²) in [7, 11) is 0. The van der Waals surface area contributed by atoms with Crippen molar-refractivity contribution in [1.29, 1.82) is 0 Å². The van der Waals surface area contributed by atoms with Crippen LogP contribution in [0.2, 0.25) is 15.2 Å². The van der Waals surface area contributed by atoms with Crippen LogP contribution in [-0.2, 0) is 0 Å². The van der Waals surface area contributed by atoms with Gasteiger partial charge in [0, 0.05) is 17.4 Å². The van der Waals surface area contributed by atoms with Crippen LogP contribution in [0.25, 0.3) is 0 Å². The molecule has 98 valence electrons. The van der Waals surface area contributed by atoms with E-state index in [1.54, 1.807) is 6.07 Å². The van der Waals surface area contributed by atoms with Crippen molar-refractivity contribution >= 4 is 52.1 Å². The van der Waals surface area contributed by atoms with Crippen LogP contribution >= 0.6 is 34.8 Å². The molecular weight excluding hydrogens is 309 g/mol. The van der Waals surface area contributed by atoms with E-state index in [-0.39, 0.29) is 26.8 Å². The van der Waals surface area contributed by atoms with Crippen LogP contribution in [-0.4, -0.2) is 10.9 Å². The molecule has 19 heavy (non-hydrogen) atoms. The molecule has 0 bridgehead atoms. The molecule has 1 aromatic carbocycles. The van der Waals surface area contributed by atoms with Gasteiger partial charge in [0.2, 0.25) is 0 Å². The van der Waals surface area contributed by atoms with Crippen molar-refractivity contribution in [3.63, 3.8) is 0 Å². The van der Waals surface area contributed by atoms with Crippen LogP contribution in [0.3, 0.4) is 0 Å². The maximum Gasteiger partial charge on any atom is 0.255 e. The van der Waals surface area contributed by atoms with E-state index in [4.69, 9.17) is 40.5 Å². The zero-order valence-electron chi connectivity index (χ0n) is 9.45. The lowest BCUT2D eigenvalue weighted by Gasteiger charge is -2.08. The second kappa shape index (κ2) is 5.65. The molecule has 3 N–H and O–H groups in total. The number of hydrogen-bond acceptors (Lipinski definition) is 3. The van der Waals surface area contributed by atoms with Gasteiger partial charge in [-0.2, -0.15) is 0 Å². The summed E-state index contributed by atoms with van der Waals surface area (Å²) in [6.45, 7) is 0. The average Bonchev–Trinajstić information content (AvgIpc) is 2.35. The number of anilines is 2. The van der Waals surface area contributed by atoms with Crippen LogP contribution in [0.4, 0.5) is 11.4 Å². The number of amides is 1. The van der Waals surface area contributed by atoms with Gasteiger partial charge in [0.15, 0.2) is 0 Å². The predicted octanol–water partition coefficient (Wildman–Crippen LogP) is 3.88. The molecule has 0 aliphatic heterocycles. The van der Waals surface area contributed by atoms with E-state index >= 15 is 0 Å². The minimum atomic E-state index is -0.369. The van der Waals surface area contributed by atoms with Crippen molar-refractivity contribution in [2.75, 3.05) is 11.1 Å². The lowest BCUT2D eigenvalue weighted by molar-refractivity contribution is 0.102. The normalized spacial score (nSPS) is 10.3. The van der Waals surface area contributed by atoms with E-state index in [1.165, 1.54) is 24.4 Å². The van der Waals surface area contributed by atoms with Crippen LogP contribution in [0.1, 0.15) is 10.4 Å². The Morgan fingerprint density at radius 1 is 1.16 bits per heavy atom. The van der Waals surface area contributed by atoms with E-state index in [1.807, 2.05) is 0 Å². The number of nitrogens with two attached hydrogens (primary N) is 1. The third-order valence-electron chi connectivity index (χ3n) is 2.33. The lowest BCUT2D eigenvalue weighted by atomic mass is 10.2. The smallest absolute Gasteiger partial charge is 0.255 e. The topological polar surface area (TPSA) is 68.0 Å². The summed E-state index contributed by atoms with van der Waals surface area (Å²) in [5.41, 5.74) is 6.67. The van der Waals surface area contributed by atoms with Gasteiger partial charge < -0.3 is 11.1 Å². The molecule has 0 radical (unpaired) electrons. The molecule has 1 amide bonds. The summed E-state index contributed by atoms with van der Waals surface area (Å²) >= 11 is 17.5. The number of hydrogen-bond donors (Lipinski definition) is 2. The Hall–Kier alpha value is -1.49. The number of aromatic nitrogens is 1. The van der Waals surface area contributed by atoms with E-state index in [9.17, 15) is 4.79 Å². The van der Waals surface area contributed by atoms with Crippen molar-refractivity contribution in [3.8, 4) is 0 Å². The Labute approximate surface area is 124 Å². The summed E-state index contributed by atoms with van der Waals surface area (Å²) in [5, 5.41) is 3.39. The fraction of sp³-hybridized carbons (Fsp3) is 0. The Balaban J connectivity index is 2.25. The van der Waals surface area contributed by atoms with E-state index in [0.717, 1.165) is 0 Å². The first-order valence-electron chi connectivity index (χ1n) is 5.15. The third-order valence-corrected chi connectivity index (χ3v) is 3.16. The van der Waals surface area contributed by atoms with Gasteiger partial charge >= 0.3 is 0 Å². The van der Waals surface area contributed by atoms with Crippen LogP contribution in [0.5, 0.6) is 0 Å². The highest BCUT2D eigenvalue weighted by molar-refractivity contribution is 6.39. The fourth-order valence-electron chi connectivity index (χ4n) is 1.40. The van der Waals surface area contributed by atoms with Gasteiger partial charge in [-0.05, 0) is 24.3 Å².